The molecule has 3 aliphatic rings. The standard InChI is InChI=1S/C17H29NO2/c19-14-17(7-4-12-20-15-17)13-18-10-8-16(9-11-18)5-2-1-3-6-16/h14H,1-13,15H2. The number of rotatable bonds is 3. The number of ether oxygens (including phenoxy) is 1. The summed E-state index contributed by atoms with van der Waals surface area (Å²) in [5.41, 5.74) is 0.446. The zero-order valence-corrected chi connectivity index (χ0v) is 12.7. The van der Waals surface area contributed by atoms with Gasteiger partial charge in [-0.1, -0.05) is 19.3 Å². The van der Waals surface area contributed by atoms with Crippen LogP contribution in [0.3, 0.4) is 0 Å². The highest BCUT2D eigenvalue weighted by Gasteiger charge is 2.39. The Morgan fingerprint density at radius 3 is 2.30 bits per heavy atom. The Labute approximate surface area is 123 Å². The maximum Gasteiger partial charge on any atom is 0.129 e. The van der Waals surface area contributed by atoms with Gasteiger partial charge in [-0.2, -0.15) is 0 Å². The number of hydrogen-bond donors (Lipinski definition) is 0. The van der Waals surface area contributed by atoms with E-state index in [0.717, 1.165) is 26.0 Å². The van der Waals surface area contributed by atoms with Gasteiger partial charge in [-0.05, 0) is 57.0 Å². The highest BCUT2D eigenvalue weighted by molar-refractivity contribution is 5.60. The summed E-state index contributed by atoms with van der Waals surface area (Å²) in [4.78, 5) is 14.1. The third-order valence-electron chi connectivity index (χ3n) is 5.97. The molecule has 3 rings (SSSR count). The topological polar surface area (TPSA) is 29.5 Å². The lowest BCUT2D eigenvalue weighted by Crippen LogP contribution is -2.49. The van der Waals surface area contributed by atoms with Crippen molar-refractivity contribution in [2.75, 3.05) is 32.8 Å². The Morgan fingerprint density at radius 2 is 1.70 bits per heavy atom. The second-order valence-electron chi connectivity index (χ2n) is 7.47. The molecule has 1 aliphatic carbocycles. The zero-order valence-electron chi connectivity index (χ0n) is 12.7. The quantitative estimate of drug-likeness (QED) is 0.744. The van der Waals surface area contributed by atoms with Gasteiger partial charge in [0.05, 0.1) is 12.0 Å². The lowest BCUT2D eigenvalue weighted by Gasteiger charge is -2.46. The zero-order chi connectivity index (χ0) is 13.9. The van der Waals surface area contributed by atoms with Crippen molar-refractivity contribution in [3.05, 3.63) is 0 Å². The van der Waals surface area contributed by atoms with Crippen molar-refractivity contribution in [3.8, 4) is 0 Å². The highest BCUT2D eigenvalue weighted by atomic mass is 16.5. The number of hydrogen-bond acceptors (Lipinski definition) is 3. The maximum atomic E-state index is 11.5. The van der Waals surface area contributed by atoms with Crippen molar-refractivity contribution in [1.29, 1.82) is 0 Å². The van der Waals surface area contributed by atoms with Crippen LogP contribution in [-0.2, 0) is 9.53 Å². The summed E-state index contributed by atoms with van der Waals surface area (Å²) in [5, 5.41) is 0. The SMILES string of the molecule is O=CC1(CN2CCC3(CCCCC3)CC2)CCCOC1. The largest absolute Gasteiger partial charge is 0.380 e. The van der Waals surface area contributed by atoms with E-state index in [1.54, 1.807) is 0 Å². The van der Waals surface area contributed by atoms with Crippen molar-refractivity contribution in [2.45, 2.75) is 57.8 Å². The monoisotopic (exact) mass is 279 g/mol. The second kappa shape index (κ2) is 6.15. The molecule has 0 amide bonds. The van der Waals surface area contributed by atoms with Crippen LogP contribution in [-0.4, -0.2) is 44.0 Å². The van der Waals surface area contributed by atoms with Crippen molar-refractivity contribution in [1.82, 2.24) is 4.90 Å². The van der Waals surface area contributed by atoms with E-state index in [1.807, 2.05) is 0 Å². The smallest absolute Gasteiger partial charge is 0.129 e. The van der Waals surface area contributed by atoms with Crippen molar-refractivity contribution >= 4 is 6.29 Å². The van der Waals surface area contributed by atoms with E-state index in [4.69, 9.17) is 4.74 Å². The summed E-state index contributed by atoms with van der Waals surface area (Å²) >= 11 is 0. The van der Waals surface area contributed by atoms with Crippen LogP contribution in [0.4, 0.5) is 0 Å². The number of carbonyl (C=O) groups excluding carboxylic acids is 1. The predicted octanol–water partition coefficient (Wildman–Crippen LogP) is 3.03. The lowest BCUT2D eigenvalue weighted by molar-refractivity contribution is -0.126. The first-order chi connectivity index (χ1) is 9.76. The molecule has 3 heteroatoms. The van der Waals surface area contributed by atoms with E-state index in [9.17, 15) is 4.79 Å². The van der Waals surface area contributed by atoms with Crippen LogP contribution < -0.4 is 0 Å². The number of nitrogens with zero attached hydrogens (tertiary/aromatic N) is 1. The molecule has 0 N–H and O–H groups in total. The maximum absolute atomic E-state index is 11.5. The Kier molecular flexibility index (Phi) is 4.46. The molecule has 0 radical (unpaired) electrons. The van der Waals surface area contributed by atoms with E-state index in [0.29, 0.717) is 12.0 Å². The van der Waals surface area contributed by atoms with E-state index in [1.165, 1.54) is 64.3 Å². The number of carbonyl (C=O) groups is 1. The van der Waals surface area contributed by atoms with Gasteiger partial charge in [-0.3, -0.25) is 0 Å². The van der Waals surface area contributed by atoms with Crippen molar-refractivity contribution in [3.63, 3.8) is 0 Å². The van der Waals surface area contributed by atoms with Crippen LogP contribution in [0, 0.1) is 10.8 Å². The molecule has 20 heavy (non-hydrogen) atoms. The average molecular weight is 279 g/mol. The molecule has 2 heterocycles. The minimum atomic E-state index is -0.213. The first-order valence-corrected chi connectivity index (χ1v) is 8.53. The molecular weight excluding hydrogens is 250 g/mol. The third-order valence-corrected chi connectivity index (χ3v) is 5.97. The molecule has 3 fully saturated rings. The Hall–Kier alpha value is -0.410. The molecule has 114 valence electrons. The fourth-order valence-corrected chi connectivity index (χ4v) is 4.56. The first-order valence-electron chi connectivity index (χ1n) is 8.53. The van der Waals surface area contributed by atoms with Crippen LogP contribution in [0.1, 0.15) is 57.8 Å². The normalized spacial score (nSPS) is 35.0. The molecule has 1 spiro atoms. The van der Waals surface area contributed by atoms with Crippen molar-refractivity contribution < 1.29 is 9.53 Å². The van der Waals surface area contributed by atoms with Crippen LogP contribution in [0.15, 0.2) is 0 Å². The van der Waals surface area contributed by atoms with Gasteiger partial charge < -0.3 is 14.4 Å². The fourth-order valence-electron chi connectivity index (χ4n) is 4.56. The molecule has 0 bridgehead atoms. The molecular formula is C17H29NO2. The summed E-state index contributed by atoms with van der Waals surface area (Å²) in [6, 6.07) is 0. The molecule has 1 saturated carbocycles. The second-order valence-corrected chi connectivity index (χ2v) is 7.47. The van der Waals surface area contributed by atoms with Gasteiger partial charge in [0, 0.05) is 13.2 Å². The number of aldehydes is 1. The van der Waals surface area contributed by atoms with Crippen molar-refractivity contribution in [2.24, 2.45) is 10.8 Å². The van der Waals surface area contributed by atoms with Crippen LogP contribution >= 0.6 is 0 Å². The molecule has 0 aromatic heterocycles. The summed E-state index contributed by atoms with van der Waals surface area (Å²) in [6.07, 6.45) is 13.1. The molecule has 0 aromatic carbocycles. The van der Waals surface area contributed by atoms with Gasteiger partial charge in [-0.15, -0.1) is 0 Å². The summed E-state index contributed by atoms with van der Waals surface area (Å²) in [6.45, 7) is 4.77. The molecule has 1 atom stereocenters. The summed E-state index contributed by atoms with van der Waals surface area (Å²) in [7, 11) is 0. The Morgan fingerprint density at radius 1 is 0.950 bits per heavy atom. The van der Waals surface area contributed by atoms with Gasteiger partial charge in [-0.25, -0.2) is 0 Å². The Balaban J connectivity index is 1.53. The molecule has 2 saturated heterocycles. The van der Waals surface area contributed by atoms with Gasteiger partial charge in [0.25, 0.3) is 0 Å². The van der Waals surface area contributed by atoms with Gasteiger partial charge >= 0.3 is 0 Å². The Bertz CT molecular complexity index is 320. The minimum absolute atomic E-state index is 0.213. The predicted molar refractivity (Wildman–Crippen MR) is 79.7 cm³/mol. The van der Waals surface area contributed by atoms with Crippen LogP contribution in [0.25, 0.3) is 0 Å². The van der Waals surface area contributed by atoms with E-state index in [-0.39, 0.29) is 5.41 Å². The van der Waals surface area contributed by atoms with E-state index in [2.05, 4.69) is 4.90 Å². The van der Waals surface area contributed by atoms with Crippen LogP contribution in [0.5, 0.6) is 0 Å². The van der Waals surface area contributed by atoms with E-state index >= 15 is 0 Å². The highest BCUT2D eigenvalue weighted by Crippen LogP contribution is 2.45. The molecule has 0 aromatic rings. The van der Waals surface area contributed by atoms with Gasteiger partial charge in [0.1, 0.15) is 6.29 Å². The lowest BCUT2D eigenvalue weighted by atomic mass is 9.68. The average Bonchev–Trinajstić information content (AvgIpc) is 2.52. The van der Waals surface area contributed by atoms with Gasteiger partial charge in [0.15, 0.2) is 0 Å². The van der Waals surface area contributed by atoms with Crippen LogP contribution in [0.2, 0.25) is 0 Å². The summed E-state index contributed by atoms with van der Waals surface area (Å²) < 4.78 is 5.57. The molecule has 3 nitrogen and oxygen atoms in total. The molecule has 1 unspecified atom stereocenters. The third kappa shape index (κ3) is 3.09. The van der Waals surface area contributed by atoms with Gasteiger partial charge in [0.2, 0.25) is 0 Å². The molecule has 2 aliphatic heterocycles. The fraction of sp³-hybridized carbons (Fsp3) is 0.941. The van der Waals surface area contributed by atoms with E-state index < -0.39 is 0 Å². The minimum Gasteiger partial charge on any atom is -0.380 e. The summed E-state index contributed by atoms with van der Waals surface area (Å²) in [5.74, 6) is 0. The number of likely N-dealkylation sites (tertiary alicyclic amines) is 1. The first kappa shape index (κ1) is 14.5. The number of piperidine rings is 1.